The van der Waals surface area contributed by atoms with Crippen molar-refractivity contribution in [2.45, 2.75) is 6.92 Å². The van der Waals surface area contributed by atoms with Gasteiger partial charge >= 0.3 is 0 Å². The van der Waals surface area contributed by atoms with Gasteiger partial charge in [-0.1, -0.05) is 52.5 Å². The van der Waals surface area contributed by atoms with E-state index >= 15 is 0 Å². The minimum Gasteiger partial charge on any atom is -0.349 e. The second-order valence-electron chi connectivity index (χ2n) is 5.29. The third-order valence-electron chi connectivity index (χ3n) is 3.65. The largest absolute Gasteiger partial charge is 0.349 e. The van der Waals surface area contributed by atoms with E-state index in [2.05, 4.69) is 5.32 Å². The lowest BCUT2D eigenvalue weighted by molar-refractivity contribution is -0.120. The van der Waals surface area contributed by atoms with Crippen molar-refractivity contribution in [3.05, 3.63) is 67.8 Å². The molecule has 0 bridgehead atoms. The van der Waals surface area contributed by atoms with Crippen LogP contribution in [0.25, 0.3) is 0 Å². The van der Waals surface area contributed by atoms with Crippen LogP contribution in [0.5, 0.6) is 0 Å². The topological polar surface area (TPSA) is 49.4 Å². The first-order valence-corrected chi connectivity index (χ1v) is 8.58. The molecule has 4 nitrogen and oxygen atoms in total. The van der Waals surface area contributed by atoms with Crippen molar-refractivity contribution in [1.29, 1.82) is 0 Å². The van der Waals surface area contributed by atoms with Crippen molar-refractivity contribution in [3.8, 4) is 0 Å². The lowest BCUT2D eigenvalue weighted by atomic mass is 10.2. The van der Waals surface area contributed by atoms with E-state index in [9.17, 15) is 9.59 Å². The molecule has 2 aromatic carbocycles. The molecular weight excluding hydrogens is 406 g/mol. The molecule has 1 aliphatic rings. The smallest absolute Gasteiger partial charge is 0.283 e. The zero-order valence-corrected chi connectivity index (χ0v) is 15.8. The first-order valence-electron chi connectivity index (χ1n) is 7.07. The highest BCUT2D eigenvalue weighted by atomic mass is 35.5. The van der Waals surface area contributed by atoms with Crippen LogP contribution in [0.3, 0.4) is 0 Å². The number of carbonyl (C=O) groups excluding carboxylic acids is 2. The Bertz CT molecular complexity index is 940. The average Bonchev–Trinajstić information content (AvgIpc) is 2.76. The lowest BCUT2D eigenvalue weighted by Crippen LogP contribution is -2.32. The minimum absolute atomic E-state index is 0.0341. The quantitative estimate of drug-likeness (QED) is 0.683. The Morgan fingerprint density at radius 3 is 2.36 bits per heavy atom. The van der Waals surface area contributed by atoms with Gasteiger partial charge in [-0.05, 0) is 42.8 Å². The van der Waals surface area contributed by atoms with Crippen LogP contribution >= 0.6 is 46.4 Å². The van der Waals surface area contributed by atoms with E-state index in [1.807, 2.05) is 6.92 Å². The van der Waals surface area contributed by atoms with Crippen LogP contribution in [0.1, 0.15) is 5.56 Å². The molecule has 0 spiro atoms. The number of hydrogen-bond donors (Lipinski definition) is 1. The highest BCUT2D eigenvalue weighted by Crippen LogP contribution is 2.37. The van der Waals surface area contributed by atoms with E-state index in [4.69, 9.17) is 46.4 Å². The molecule has 2 amide bonds. The molecule has 3 rings (SSSR count). The van der Waals surface area contributed by atoms with Crippen LogP contribution in [0, 0.1) is 6.92 Å². The zero-order chi connectivity index (χ0) is 18.3. The summed E-state index contributed by atoms with van der Waals surface area (Å²) in [4.78, 5) is 26.1. The van der Waals surface area contributed by atoms with Gasteiger partial charge in [0.25, 0.3) is 11.8 Å². The van der Waals surface area contributed by atoms with Crippen LogP contribution in [0.2, 0.25) is 15.1 Å². The highest BCUT2D eigenvalue weighted by Gasteiger charge is 2.40. The van der Waals surface area contributed by atoms with Gasteiger partial charge in [0.1, 0.15) is 10.7 Å². The van der Waals surface area contributed by atoms with E-state index in [0.717, 1.165) is 10.5 Å². The lowest BCUT2D eigenvalue weighted by Gasteiger charge is -2.17. The van der Waals surface area contributed by atoms with Gasteiger partial charge in [0.2, 0.25) is 0 Å². The second-order valence-corrected chi connectivity index (χ2v) is 6.89. The molecule has 1 heterocycles. The van der Waals surface area contributed by atoms with E-state index in [1.54, 1.807) is 30.3 Å². The molecule has 1 N–H and O–H groups in total. The predicted octanol–water partition coefficient (Wildman–Crippen LogP) is 5.39. The molecule has 0 fully saturated rings. The summed E-state index contributed by atoms with van der Waals surface area (Å²) in [5, 5.41) is 3.56. The maximum absolute atomic E-state index is 12.7. The van der Waals surface area contributed by atoms with Gasteiger partial charge in [0.05, 0.1) is 15.7 Å². The molecule has 0 saturated carbocycles. The third kappa shape index (κ3) is 3.23. The summed E-state index contributed by atoms with van der Waals surface area (Å²) < 4.78 is 0. The molecular formula is C17H10Cl4N2O2. The van der Waals surface area contributed by atoms with Crippen molar-refractivity contribution in [2.24, 2.45) is 0 Å². The fourth-order valence-electron chi connectivity index (χ4n) is 2.40. The summed E-state index contributed by atoms with van der Waals surface area (Å²) in [6, 6.07) is 9.76. The number of nitrogens with zero attached hydrogens (tertiary/aromatic N) is 1. The summed E-state index contributed by atoms with van der Waals surface area (Å²) in [6.45, 7) is 1.82. The van der Waals surface area contributed by atoms with Gasteiger partial charge in [0.15, 0.2) is 0 Å². The van der Waals surface area contributed by atoms with Gasteiger partial charge in [-0.15, -0.1) is 0 Å². The molecule has 0 radical (unpaired) electrons. The third-order valence-corrected chi connectivity index (χ3v) is 5.04. The summed E-state index contributed by atoms with van der Waals surface area (Å²) >= 11 is 24.1. The number of amides is 2. The zero-order valence-electron chi connectivity index (χ0n) is 12.7. The number of hydrogen-bond acceptors (Lipinski definition) is 3. The summed E-state index contributed by atoms with van der Waals surface area (Å²) in [5.74, 6) is -1.29. The monoisotopic (exact) mass is 414 g/mol. The summed E-state index contributed by atoms with van der Waals surface area (Å²) in [6.07, 6.45) is 0. The standard InChI is InChI=1S/C17H10Cl4N2O2/c1-8-7-9(18)5-6-11(8)22-15-14(21)16(24)23(17(15)25)12-4-2-3-10(19)13(12)20/h2-7,22H,1H3. The summed E-state index contributed by atoms with van der Waals surface area (Å²) in [5.41, 5.74) is 1.54. The Balaban J connectivity index is 1.98. The van der Waals surface area contributed by atoms with E-state index in [1.165, 1.54) is 6.07 Å². The number of carbonyl (C=O) groups is 2. The highest BCUT2D eigenvalue weighted by molar-refractivity contribution is 6.54. The van der Waals surface area contributed by atoms with Crippen LogP contribution in [-0.2, 0) is 9.59 Å². The van der Waals surface area contributed by atoms with Crippen molar-refractivity contribution in [3.63, 3.8) is 0 Å². The first-order chi connectivity index (χ1) is 11.8. The van der Waals surface area contributed by atoms with Gasteiger partial charge in [0, 0.05) is 10.7 Å². The number of benzene rings is 2. The number of anilines is 2. The normalized spacial score (nSPS) is 14.5. The Morgan fingerprint density at radius 1 is 0.960 bits per heavy atom. The second kappa shape index (κ2) is 6.89. The van der Waals surface area contributed by atoms with Crippen molar-refractivity contribution in [2.75, 3.05) is 10.2 Å². The van der Waals surface area contributed by atoms with Crippen LogP contribution in [0.15, 0.2) is 47.1 Å². The number of halogens is 4. The Morgan fingerprint density at radius 2 is 1.68 bits per heavy atom. The van der Waals surface area contributed by atoms with Crippen molar-refractivity contribution in [1.82, 2.24) is 0 Å². The maximum Gasteiger partial charge on any atom is 0.283 e. The molecule has 2 aromatic rings. The molecule has 25 heavy (non-hydrogen) atoms. The van der Waals surface area contributed by atoms with Gasteiger partial charge in [-0.2, -0.15) is 0 Å². The number of nitrogens with one attached hydrogen (secondary N) is 1. The average molecular weight is 416 g/mol. The first kappa shape index (κ1) is 18.1. The molecule has 0 atom stereocenters. The van der Waals surface area contributed by atoms with Crippen molar-refractivity contribution >= 4 is 69.6 Å². The Labute approximate surface area is 163 Å². The molecule has 1 aliphatic heterocycles. The molecule has 0 unspecified atom stereocenters. The van der Waals surface area contributed by atoms with Crippen LogP contribution in [-0.4, -0.2) is 11.8 Å². The molecule has 0 aliphatic carbocycles. The maximum atomic E-state index is 12.7. The van der Waals surface area contributed by atoms with Crippen molar-refractivity contribution < 1.29 is 9.59 Å². The fraction of sp³-hybridized carbons (Fsp3) is 0.0588. The minimum atomic E-state index is -0.676. The van der Waals surface area contributed by atoms with E-state index in [0.29, 0.717) is 10.7 Å². The molecule has 8 heteroatoms. The van der Waals surface area contributed by atoms with Gasteiger partial charge in [-0.25, -0.2) is 4.90 Å². The number of imide groups is 1. The summed E-state index contributed by atoms with van der Waals surface area (Å²) in [7, 11) is 0. The van der Waals surface area contributed by atoms with Gasteiger partial charge < -0.3 is 5.32 Å². The number of aryl methyl sites for hydroxylation is 1. The predicted molar refractivity (Wildman–Crippen MR) is 102 cm³/mol. The number of rotatable bonds is 3. The fourth-order valence-corrected chi connectivity index (χ4v) is 3.22. The molecule has 0 saturated heterocycles. The Hall–Kier alpha value is -1.72. The van der Waals surface area contributed by atoms with Gasteiger partial charge in [-0.3, -0.25) is 9.59 Å². The van der Waals surface area contributed by atoms with E-state index < -0.39 is 11.8 Å². The molecule has 128 valence electrons. The van der Waals surface area contributed by atoms with Crippen LogP contribution in [0.4, 0.5) is 11.4 Å². The van der Waals surface area contributed by atoms with Crippen LogP contribution < -0.4 is 10.2 Å². The SMILES string of the molecule is Cc1cc(Cl)ccc1NC1=C(Cl)C(=O)N(c2cccc(Cl)c2Cl)C1=O. The van der Waals surface area contributed by atoms with E-state index in [-0.39, 0.29) is 26.5 Å². The molecule has 0 aromatic heterocycles. The Kier molecular flexibility index (Phi) is 4.98.